The third-order valence-electron chi connectivity index (χ3n) is 1.37. The zero-order chi connectivity index (χ0) is 7.72. The third kappa shape index (κ3) is 1.10. The first-order valence-corrected chi connectivity index (χ1v) is 2.98. The lowest BCUT2D eigenvalue weighted by atomic mass is 10.2. The lowest BCUT2D eigenvalue weighted by Crippen LogP contribution is -2.00. The van der Waals surface area contributed by atoms with Crippen LogP contribution in [0.25, 0.3) is 0 Å². The van der Waals surface area contributed by atoms with Crippen LogP contribution in [0.3, 0.4) is 0 Å². The Hall–Kier alpha value is -1.05. The SMILES string of the molecule is [CH2]c1cn(C(C)=O)cc1[CH2]. The molecule has 10 heavy (non-hydrogen) atoms. The van der Waals surface area contributed by atoms with E-state index in [4.69, 9.17) is 0 Å². The van der Waals surface area contributed by atoms with Crippen LogP contribution in [0.5, 0.6) is 0 Å². The van der Waals surface area contributed by atoms with Crippen LogP contribution in [0.1, 0.15) is 22.8 Å². The van der Waals surface area contributed by atoms with Crippen LogP contribution in [-0.4, -0.2) is 10.5 Å². The van der Waals surface area contributed by atoms with E-state index in [1.165, 1.54) is 11.5 Å². The zero-order valence-corrected chi connectivity index (χ0v) is 5.92. The Morgan fingerprint density at radius 1 is 1.40 bits per heavy atom. The molecule has 0 saturated carbocycles. The van der Waals surface area contributed by atoms with Gasteiger partial charge in [-0.05, 0) is 25.0 Å². The molecule has 1 heterocycles. The van der Waals surface area contributed by atoms with Gasteiger partial charge >= 0.3 is 0 Å². The minimum absolute atomic E-state index is 0.0141. The number of rotatable bonds is 0. The van der Waals surface area contributed by atoms with E-state index in [1.807, 2.05) is 0 Å². The molecule has 1 rings (SSSR count). The van der Waals surface area contributed by atoms with Gasteiger partial charge < -0.3 is 0 Å². The minimum Gasteiger partial charge on any atom is -0.294 e. The van der Waals surface area contributed by atoms with Gasteiger partial charge in [-0.2, -0.15) is 0 Å². The monoisotopic (exact) mass is 135 g/mol. The van der Waals surface area contributed by atoms with Crippen molar-refractivity contribution in [1.82, 2.24) is 4.57 Å². The second-order valence-corrected chi connectivity index (χ2v) is 2.23. The Morgan fingerprint density at radius 2 is 1.80 bits per heavy atom. The molecule has 0 atom stereocenters. The third-order valence-corrected chi connectivity index (χ3v) is 1.37. The van der Waals surface area contributed by atoms with E-state index < -0.39 is 0 Å². The van der Waals surface area contributed by atoms with E-state index in [0.29, 0.717) is 0 Å². The van der Waals surface area contributed by atoms with E-state index in [2.05, 4.69) is 13.8 Å². The van der Waals surface area contributed by atoms with E-state index in [1.54, 1.807) is 12.4 Å². The highest BCUT2D eigenvalue weighted by atomic mass is 16.1. The van der Waals surface area contributed by atoms with Crippen LogP contribution in [-0.2, 0) is 0 Å². The summed E-state index contributed by atoms with van der Waals surface area (Å²) in [7, 11) is 0. The standard InChI is InChI=1S/C8H9NO/c1-6-4-9(8(3)10)5-7(6)2/h4-5H,1-2H2,3H3. The Morgan fingerprint density at radius 3 is 2.00 bits per heavy atom. The molecule has 0 bridgehead atoms. The van der Waals surface area contributed by atoms with Crippen molar-refractivity contribution in [3.63, 3.8) is 0 Å². The summed E-state index contributed by atoms with van der Waals surface area (Å²) in [5.41, 5.74) is 1.60. The summed E-state index contributed by atoms with van der Waals surface area (Å²) >= 11 is 0. The predicted molar refractivity (Wildman–Crippen MR) is 39.7 cm³/mol. The minimum atomic E-state index is -0.0141. The molecule has 0 aromatic carbocycles. The van der Waals surface area contributed by atoms with E-state index in [9.17, 15) is 4.79 Å². The Bertz CT molecular complexity index is 241. The maximum atomic E-state index is 10.7. The van der Waals surface area contributed by atoms with Crippen molar-refractivity contribution in [3.8, 4) is 0 Å². The summed E-state index contributed by atoms with van der Waals surface area (Å²) in [6, 6.07) is 0. The van der Waals surface area contributed by atoms with Gasteiger partial charge in [-0.1, -0.05) is 0 Å². The van der Waals surface area contributed by atoms with Crippen molar-refractivity contribution in [2.24, 2.45) is 0 Å². The van der Waals surface area contributed by atoms with Crippen molar-refractivity contribution in [3.05, 3.63) is 37.4 Å². The van der Waals surface area contributed by atoms with Gasteiger partial charge in [0.15, 0.2) is 0 Å². The lowest BCUT2D eigenvalue weighted by molar-refractivity contribution is 0.0936. The summed E-state index contributed by atoms with van der Waals surface area (Å²) < 4.78 is 1.48. The molecule has 2 nitrogen and oxygen atoms in total. The van der Waals surface area contributed by atoms with Crippen LogP contribution in [0.15, 0.2) is 12.4 Å². The molecule has 0 unspecified atom stereocenters. The Kier molecular flexibility index (Phi) is 1.62. The number of carbonyl (C=O) groups is 1. The van der Waals surface area contributed by atoms with Gasteiger partial charge in [0.1, 0.15) is 0 Å². The summed E-state index contributed by atoms with van der Waals surface area (Å²) in [5.74, 6) is -0.0141. The van der Waals surface area contributed by atoms with Crippen LogP contribution in [0, 0.1) is 13.8 Å². The van der Waals surface area contributed by atoms with Crippen LogP contribution in [0.2, 0.25) is 0 Å². The first-order chi connectivity index (χ1) is 4.61. The fourth-order valence-electron chi connectivity index (χ4n) is 0.721. The molecule has 0 aliphatic heterocycles. The van der Waals surface area contributed by atoms with Crippen molar-refractivity contribution in [2.45, 2.75) is 6.92 Å². The lowest BCUT2D eigenvalue weighted by Gasteiger charge is -1.90. The quantitative estimate of drug-likeness (QED) is 0.528. The number of aromatic nitrogens is 1. The molecule has 0 saturated heterocycles. The Balaban J connectivity index is 3.10. The maximum Gasteiger partial charge on any atom is 0.227 e. The smallest absolute Gasteiger partial charge is 0.227 e. The summed E-state index contributed by atoms with van der Waals surface area (Å²) in [4.78, 5) is 10.7. The largest absolute Gasteiger partial charge is 0.294 e. The molecule has 2 radical (unpaired) electrons. The van der Waals surface area contributed by atoms with E-state index >= 15 is 0 Å². The molecule has 0 amide bonds. The molecule has 0 fully saturated rings. The number of carbonyl (C=O) groups excluding carboxylic acids is 1. The molecule has 0 aliphatic rings. The molecule has 0 aliphatic carbocycles. The first kappa shape index (κ1) is 7.06. The number of hydrogen-bond acceptors (Lipinski definition) is 1. The van der Waals surface area contributed by atoms with E-state index in [-0.39, 0.29) is 5.91 Å². The molecule has 0 spiro atoms. The Labute approximate surface area is 60.5 Å². The summed E-state index contributed by atoms with van der Waals surface area (Å²) in [6.45, 7) is 8.87. The second-order valence-electron chi connectivity index (χ2n) is 2.23. The fraction of sp³-hybridized carbons (Fsp3) is 0.125. The van der Waals surface area contributed by atoms with Gasteiger partial charge in [-0.3, -0.25) is 9.36 Å². The van der Waals surface area contributed by atoms with Gasteiger partial charge in [-0.25, -0.2) is 0 Å². The number of nitrogens with zero attached hydrogens (tertiary/aromatic N) is 1. The topological polar surface area (TPSA) is 22.0 Å². The van der Waals surface area contributed by atoms with Gasteiger partial charge in [0.2, 0.25) is 5.91 Å². The predicted octanol–water partition coefficient (Wildman–Crippen LogP) is 1.51. The van der Waals surface area contributed by atoms with Crippen molar-refractivity contribution in [2.75, 3.05) is 0 Å². The highest BCUT2D eigenvalue weighted by Crippen LogP contribution is 2.06. The van der Waals surface area contributed by atoms with Gasteiger partial charge in [0, 0.05) is 19.3 Å². The average Bonchev–Trinajstić information content (AvgIpc) is 2.13. The molecular weight excluding hydrogens is 126 g/mol. The van der Waals surface area contributed by atoms with Crippen molar-refractivity contribution >= 4 is 5.91 Å². The highest BCUT2D eigenvalue weighted by molar-refractivity contribution is 5.76. The fourth-order valence-corrected chi connectivity index (χ4v) is 0.721. The van der Waals surface area contributed by atoms with Gasteiger partial charge in [0.25, 0.3) is 0 Å². The molecule has 2 heteroatoms. The van der Waals surface area contributed by atoms with Crippen molar-refractivity contribution < 1.29 is 4.79 Å². The number of hydrogen-bond donors (Lipinski definition) is 0. The summed E-state index contributed by atoms with van der Waals surface area (Å²) in [5, 5.41) is 0. The first-order valence-electron chi connectivity index (χ1n) is 2.98. The van der Waals surface area contributed by atoms with Crippen LogP contribution >= 0.6 is 0 Å². The van der Waals surface area contributed by atoms with Crippen molar-refractivity contribution in [1.29, 1.82) is 0 Å². The summed E-state index contributed by atoms with van der Waals surface area (Å²) in [6.07, 6.45) is 3.34. The van der Waals surface area contributed by atoms with Gasteiger partial charge in [0.05, 0.1) is 0 Å². The van der Waals surface area contributed by atoms with Crippen LogP contribution < -0.4 is 0 Å². The van der Waals surface area contributed by atoms with E-state index in [0.717, 1.165) is 11.1 Å². The highest BCUT2D eigenvalue weighted by Gasteiger charge is 1.99. The van der Waals surface area contributed by atoms with Gasteiger partial charge in [-0.15, -0.1) is 0 Å². The molecule has 1 aromatic rings. The zero-order valence-electron chi connectivity index (χ0n) is 5.92. The molecule has 52 valence electrons. The normalized spacial score (nSPS) is 9.90. The average molecular weight is 135 g/mol. The maximum absolute atomic E-state index is 10.7. The molecular formula is C8H9NO. The molecule has 0 N–H and O–H groups in total. The second kappa shape index (κ2) is 2.29. The molecule has 1 aromatic heterocycles. The van der Waals surface area contributed by atoms with Crippen LogP contribution in [0.4, 0.5) is 0 Å².